The van der Waals surface area contributed by atoms with Gasteiger partial charge in [0.1, 0.15) is 0 Å². The number of halogens is 1. The molecular formula is C21H27ClN2O3. The Labute approximate surface area is 165 Å². The van der Waals surface area contributed by atoms with E-state index in [0.717, 1.165) is 50.1 Å². The minimum atomic E-state index is -0.155. The third-order valence-electron chi connectivity index (χ3n) is 6.17. The van der Waals surface area contributed by atoms with E-state index >= 15 is 0 Å². The number of aryl methyl sites for hydroxylation is 1. The van der Waals surface area contributed by atoms with Gasteiger partial charge in [-0.25, -0.2) is 0 Å². The van der Waals surface area contributed by atoms with Crippen LogP contribution in [-0.4, -0.2) is 49.2 Å². The van der Waals surface area contributed by atoms with Gasteiger partial charge in [-0.3, -0.25) is 9.69 Å². The van der Waals surface area contributed by atoms with Gasteiger partial charge in [-0.2, -0.15) is 0 Å². The van der Waals surface area contributed by atoms with Crippen molar-refractivity contribution < 1.29 is 13.9 Å². The van der Waals surface area contributed by atoms with Crippen molar-refractivity contribution in [1.82, 2.24) is 10.2 Å². The van der Waals surface area contributed by atoms with Crippen molar-refractivity contribution >= 4 is 28.5 Å². The molecule has 1 amide bonds. The van der Waals surface area contributed by atoms with E-state index in [9.17, 15) is 4.79 Å². The van der Waals surface area contributed by atoms with E-state index in [1.54, 1.807) is 6.07 Å². The van der Waals surface area contributed by atoms with E-state index in [2.05, 4.69) is 10.2 Å². The minimum Gasteiger partial charge on any atom is -0.449 e. The van der Waals surface area contributed by atoms with Gasteiger partial charge in [0, 0.05) is 36.1 Å². The molecule has 0 unspecified atom stereocenters. The maximum atomic E-state index is 12.9. The monoisotopic (exact) mass is 390 g/mol. The first-order valence-corrected chi connectivity index (χ1v) is 10.3. The molecule has 27 heavy (non-hydrogen) atoms. The molecule has 1 aromatic heterocycles. The Hall–Kier alpha value is -1.56. The maximum absolute atomic E-state index is 12.9. The summed E-state index contributed by atoms with van der Waals surface area (Å²) in [7, 11) is 0. The number of carbonyl (C=O) groups is 1. The highest BCUT2D eigenvalue weighted by atomic mass is 35.5. The van der Waals surface area contributed by atoms with Crippen molar-refractivity contribution in [1.29, 1.82) is 0 Å². The van der Waals surface area contributed by atoms with E-state index in [1.165, 1.54) is 19.3 Å². The van der Waals surface area contributed by atoms with Crippen LogP contribution in [0.15, 0.2) is 22.6 Å². The van der Waals surface area contributed by atoms with Gasteiger partial charge in [0.15, 0.2) is 11.3 Å². The number of benzene rings is 1. The number of furan rings is 1. The molecule has 0 atom stereocenters. The zero-order chi connectivity index (χ0) is 18.9. The Morgan fingerprint density at radius 2 is 1.96 bits per heavy atom. The van der Waals surface area contributed by atoms with Gasteiger partial charge >= 0.3 is 0 Å². The van der Waals surface area contributed by atoms with Crippen LogP contribution in [-0.2, 0) is 4.74 Å². The summed E-state index contributed by atoms with van der Waals surface area (Å²) in [5.74, 6) is 0.212. The van der Waals surface area contributed by atoms with Crippen molar-refractivity contribution in [2.45, 2.75) is 44.6 Å². The molecule has 0 spiro atoms. The third kappa shape index (κ3) is 3.60. The minimum absolute atomic E-state index is 0.0370. The Bertz CT molecular complexity index is 820. The highest BCUT2D eigenvalue weighted by molar-refractivity contribution is 6.35. The summed E-state index contributed by atoms with van der Waals surface area (Å²) in [5, 5.41) is 4.60. The Morgan fingerprint density at radius 3 is 2.67 bits per heavy atom. The molecule has 2 aromatic rings. The van der Waals surface area contributed by atoms with Gasteiger partial charge < -0.3 is 14.5 Å². The Kier molecular flexibility index (Phi) is 5.44. The standard InChI is InChI=1S/C21H27ClN2O3/c1-15-16-6-5-7-17(22)19(16)27-18(15)20(25)23-14-21(8-3-2-4-9-21)24-10-12-26-13-11-24/h5-7H,2-4,8-14H2,1H3,(H,23,25). The number of hydrogen-bond donors (Lipinski definition) is 1. The molecule has 1 aromatic carbocycles. The van der Waals surface area contributed by atoms with Crippen LogP contribution in [0.5, 0.6) is 0 Å². The molecular weight excluding hydrogens is 364 g/mol. The van der Waals surface area contributed by atoms with Crippen LogP contribution in [0.4, 0.5) is 0 Å². The van der Waals surface area contributed by atoms with Crippen molar-refractivity contribution in [2.24, 2.45) is 0 Å². The Morgan fingerprint density at radius 1 is 1.22 bits per heavy atom. The topological polar surface area (TPSA) is 54.7 Å². The van der Waals surface area contributed by atoms with Gasteiger partial charge in [-0.05, 0) is 25.8 Å². The molecule has 4 rings (SSSR count). The molecule has 0 radical (unpaired) electrons. The van der Waals surface area contributed by atoms with Crippen LogP contribution in [0.2, 0.25) is 5.02 Å². The molecule has 1 aliphatic heterocycles. The zero-order valence-corrected chi connectivity index (χ0v) is 16.6. The SMILES string of the molecule is Cc1c(C(=O)NCC2(N3CCOCC3)CCCCC2)oc2c(Cl)cccc12. The highest BCUT2D eigenvalue weighted by Crippen LogP contribution is 2.34. The largest absolute Gasteiger partial charge is 0.449 e. The van der Waals surface area contributed by atoms with Crippen LogP contribution in [0.1, 0.15) is 48.2 Å². The van der Waals surface area contributed by atoms with Gasteiger partial charge in [0.05, 0.1) is 18.2 Å². The summed E-state index contributed by atoms with van der Waals surface area (Å²) in [4.78, 5) is 15.4. The van der Waals surface area contributed by atoms with Crippen molar-refractivity contribution in [3.05, 3.63) is 34.5 Å². The summed E-state index contributed by atoms with van der Waals surface area (Å²) >= 11 is 6.23. The van der Waals surface area contributed by atoms with Crippen LogP contribution >= 0.6 is 11.6 Å². The number of morpholine rings is 1. The number of ether oxygens (including phenoxy) is 1. The van der Waals surface area contributed by atoms with Crippen molar-refractivity contribution in [3.8, 4) is 0 Å². The quantitative estimate of drug-likeness (QED) is 0.851. The fraction of sp³-hybridized carbons (Fsp3) is 0.571. The summed E-state index contributed by atoms with van der Waals surface area (Å²) in [6.45, 7) is 5.99. The van der Waals surface area contributed by atoms with Crippen LogP contribution in [0.3, 0.4) is 0 Å². The van der Waals surface area contributed by atoms with E-state index in [0.29, 0.717) is 22.9 Å². The average Bonchev–Trinajstić information content (AvgIpc) is 3.06. The number of nitrogens with zero attached hydrogens (tertiary/aromatic N) is 1. The van der Waals surface area contributed by atoms with Crippen molar-refractivity contribution in [2.75, 3.05) is 32.8 Å². The predicted octanol–water partition coefficient (Wildman–Crippen LogP) is 4.16. The predicted molar refractivity (Wildman–Crippen MR) is 107 cm³/mol. The number of amides is 1. The van der Waals surface area contributed by atoms with Crippen LogP contribution in [0, 0.1) is 6.92 Å². The van der Waals surface area contributed by atoms with E-state index in [4.69, 9.17) is 20.8 Å². The number of carbonyl (C=O) groups excluding carboxylic acids is 1. The van der Waals surface area contributed by atoms with Crippen molar-refractivity contribution in [3.63, 3.8) is 0 Å². The average molecular weight is 391 g/mol. The van der Waals surface area contributed by atoms with E-state index in [1.807, 2.05) is 19.1 Å². The fourth-order valence-corrected chi connectivity index (χ4v) is 4.82. The van der Waals surface area contributed by atoms with E-state index in [-0.39, 0.29) is 11.4 Å². The molecule has 1 aliphatic carbocycles. The second kappa shape index (κ2) is 7.82. The maximum Gasteiger partial charge on any atom is 0.287 e. The third-order valence-corrected chi connectivity index (χ3v) is 6.46. The number of fused-ring (bicyclic) bond motifs is 1. The lowest BCUT2D eigenvalue weighted by Gasteiger charge is -2.48. The summed E-state index contributed by atoms with van der Waals surface area (Å²) in [6, 6.07) is 5.60. The molecule has 1 saturated carbocycles. The fourth-order valence-electron chi connectivity index (χ4n) is 4.60. The lowest BCUT2D eigenvalue weighted by atomic mass is 9.79. The number of para-hydroxylation sites is 1. The Balaban J connectivity index is 1.53. The second-order valence-electron chi connectivity index (χ2n) is 7.74. The number of rotatable bonds is 4. The van der Waals surface area contributed by atoms with Crippen LogP contribution in [0.25, 0.3) is 11.0 Å². The molecule has 2 heterocycles. The van der Waals surface area contributed by atoms with E-state index < -0.39 is 0 Å². The van der Waals surface area contributed by atoms with Gasteiger partial charge in [0.2, 0.25) is 0 Å². The summed E-state index contributed by atoms with van der Waals surface area (Å²) in [5.41, 5.74) is 1.46. The molecule has 0 bridgehead atoms. The van der Waals surface area contributed by atoms with Crippen LogP contribution < -0.4 is 5.32 Å². The number of nitrogens with one attached hydrogen (secondary N) is 1. The second-order valence-corrected chi connectivity index (χ2v) is 8.15. The van der Waals surface area contributed by atoms with Gasteiger partial charge in [-0.1, -0.05) is 43.0 Å². The highest BCUT2D eigenvalue weighted by Gasteiger charge is 2.39. The first kappa shape index (κ1) is 18.8. The molecule has 146 valence electrons. The molecule has 1 saturated heterocycles. The van der Waals surface area contributed by atoms with Gasteiger partial charge in [0.25, 0.3) is 5.91 Å². The lowest BCUT2D eigenvalue weighted by molar-refractivity contribution is -0.0362. The number of hydrogen-bond acceptors (Lipinski definition) is 4. The molecule has 2 aliphatic rings. The molecule has 5 nitrogen and oxygen atoms in total. The first-order chi connectivity index (χ1) is 13.1. The summed E-state index contributed by atoms with van der Waals surface area (Å²) < 4.78 is 11.4. The lowest BCUT2D eigenvalue weighted by Crippen LogP contribution is -2.59. The normalized spacial score (nSPS) is 20.7. The molecule has 1 N–H and O–H groups in total. The van der Waals surface area contributed by atoms with Gasteiger partial charge in [-0.15, -0.1) is 0 Å². The first-order valence-electron chi connectivity index (χ1n) is 9.89. The zero-order valence-electron chi connectivity index (χ0n) is 15.9. The molecule has 6 heteroatoms. The summed E-state index contributed by atoms with van der Waals surface area (Å²) in [6.07, 6.45) is 5.96. The molecule has 2 fully saturated rings. The smallest absolute Gasteiger partial charge is 0.287 e.